The number of primary amides is 1. The van der Waals surface area contributed by atoms with Crippen LogP contribution in [-0.2, 0) is 0 Å². The summed E-state index contributed by atoms with van der Waals surface area (Å²) in [5.74, 6) is -0.788. The summed E-state index contributed by atoms with van der Waals surface area (Å²) < 4.78 is 22.5. The van der Waals surface area contributed by atoms with Crippen LogP contribution in [0.3, 0.4) is 0 Å². The molecule has 11 heteroatoms. The third-order valence-electron chi connectivity index (χ3n) is 6.73. The van der Waals surface area contributed by atoms with Crippen LogP contribution in [0, 0.1) is 5.82 Å². The fourth-order valence-electron chi connectivity index (χ4n) is 4.68. The molecule has 0 radical (unpaired) electrons. The lowest BCUT2D eigenvalue weighted by atomic mass is 10.0. The minimum atomic E-state index is -0.811. The van der Waals surface area contributed by atoms with E-state index in [0.29, 0.717) is 23.5 Å². The topological polar surface area (TPSA) is 107 Å². The highest BCUT2D eigenvalue weighted by Crippen LogP contribution is 2.40. The van der Waals surface area contributed by atoms with Gasteiger partial charge in [-0.2, -0.15) is 5.10 Å². The lowest BCUT2D eigenvalue weighted by Gasteiger charge is -2.23. The van der Waals surface area contributed by atoms with Gasteiger partial charge in [0, 0.05) is 40.7 Å². The minimum absolute atomic E-state index is 0.143. The van der Waals surface area contributed by atoms with Crippen molar-refractivity contribution in [3.05, 3.63) is 57.7 Å². The number of nitrogens with one attached hydrogen (secondary N) is 2. The highest BCUT2D eigenvalue weighted by molar-refractivity contribution is 6.36. The molecular weight excluding hydrogens is 530 g/mol. The van der Waals surface area contributed by atoms with Crippen LogP contribution in [0.25, 0.3) is 11.1 Å². The molecular formula is C27H33Cl2FN6O2. The van der Waals surface area contributed by atoms with Crippen molar-refractivity contribution in [3.8, 4) is 16.9 Å². The van der Waals surface area contributed by atoms with E-state index in [0.717, 1.165) is 45.2 Å². The second-order valence-electron chi connectivity index (χ2n) is 9.43. The van der Waals surface area contributed by atoms with Gasteiger partial charge in [0.05, 0.1) is 22.8 Å². The third-order valence-corrected chi connectivity index (χ3v) is 7.44. The van der Waals surface area contributed by atoms with Crippen molar-refractivity contribution in [2.75, 3.05) is 25.0 Å². The van der Waals surface area contributed by atoms with Crippen molar-refractivity contribution in [2.45, 2.75) is 58.1 Å². The number of carbonyl (C=O) groups excluding carboxylic acids is 1. The average Bonchev–Trinajstić information content (AvgIpc) is 3.40. The molecule has 4 rings (SSSR count). The number of hydrogen-bond acceptors (Lipinski definition) is 6. The maximum atomic E-state index is 14.3. The summed E-state index contributed by atoms with van der Waals surface area (Å²) in [6.45, 7) is 6.27. The van der Waals surface area contributed by atoms with E-state index in [1.54, 1.807) is 19.3 Å². The molecule has 38 heavy (non-hydrogen) atoms. The molecule has 3 heterocycles. The van der Waals surface area contributed by atoms with E-state index in [1.165, 1.54) is 12.1 Å². The summed E-state index contributed by atoms with van der Waals surface area (Å²) in [6.07, 6.45) is 9.32. The molecule has 204 valence electrons. The van der Waals surface area contributed by atoms with Crippen LogP contribution in [0.1, 0.15) is 74.0 Å². The van der Waals surface area contributed by atoms with Crippen molar-refractivity contribution in [1.82, 2.24) is 20.1 Å². The van der Waals surface area contributed by atoms with Gasteiger partial charge in [0.1, 0.15) is 11.9 Å². The highest BCUT2D eigenvalue weighted by Gasteiger charge is 2.27. The van der Waals surface area contributed by atoms with Crippen LogP contribution in [0.15, 0.2) is 30.7 Å². The van der Waals surface area contributed by atoms with Crippen LogP contribution < -0.4 is 21.1 Å². The molecule has 0 bridgehead atoms. The molecule has 1 amide bonds. The monoisotopic (exact) mass is 562 g/mol. The maximum absolute atomic E-state index is 14.3. The number of anilines is 1. The summed E-state index contributed by atoms with van der Waals surface area (Å²) in [6, 6.07) is 2.88. The maximum Gasteiger partial charge on any atom is 0.253 e. The first-order valence-corrected chi connectivity index (χ1v) is 13.7. The van der Waals surface area contributed by atoms with Crippen LogP contribution in [0.4, 0.5) is 10.2 Å². The summed E-state index contributed by atoms with van der Waals surface area (Å²) in [4.78, 5) is 17.5. The van der Waals surface area contributed by atoms with E-state index >= 15 is 0 Å². The number of halogens is 3. The molecule has 8 nitrogen and oxygen atoms in total. The van der Waals surface area contributed by atoms with Crippen LogP contribution in [-0.4, -0.2) is 40.3 Å². The van der Waals surface area contributed by atoms with Gasteiger partial charge in [-0.15, -0.1) is 0 Å². The lowest BCUT2D eigenvalue weighted by Crippen LogP contribution is -2.29. The van der Waals surface area contributed by atoms with Gasteiger partial charge in [0.15, 0.2) is 11.6 Å². The zero-order chi connectivity index (χ0) is 27.2. The second-order valence-corrected chi connectivity index (χ2v) is 10.2. The fraction of sp³-hybridized carbons (Fsp3) is 0.444. The number of amides is 1. The van der Waals surface area contributed by atoms with E-state index in [1.807, 2.05) is 10.9 Å². The Balaban J connectivity index is 1.76. The molecule has 1 aromatic carbocycles. The number of nitrogens with two attached hydrogens (primary N) is 1. The first kappa shape index (κ1) is 28.1. The van der Waals surface area contributed by atoms with E-state index in [4.69, 9.17) is 33.7 Å². The van der Waals surface area contributed by atoms with Crippen molar-refractivity contribution in [3.63, 3.8) is 0 Å². The summed E-state index contributed by atoms with van der Waals surface area (Å²) in [7, 11) is 0. The Bertz CT molecular complexity index is 1280. The minimum Gasteiger partial charge on any atom is -0.481 e. The number of ether oxygens (including phenoxy) is 1. The summed E-state index contributed by atoms with van der Waals surface area (Å²) in [5, 5.41) is 11.3. The van der Waals surface area contributed by atoms with Crippen LogP contribution in [0.5, 0.6) is 5.75 Å². The smallest absolute Gasteiger partial charge is 0.253 e. The molecule has 4 N–H and O–H groups in total. The van der Waals surface area contributed by atoms with Gasteiger partial charge in [0.2, 0.25) is 0 Å². The lowest BCUT2D eigenvalue weighted by molar-refractivity contribution is 0.0994. The van der Waals surface area contributed by atoms with Crippen molar-refractivity contribution in [1.29, 1.82) is 0 Å². The number of pyridine rings is 1. The predicted octanol–water partition coefficient (Wildman–Crippen LogP) is 6.16. The number of nitrogens with zero attached hydrogens (tertiary/aromatic N) is 3. The Morgan fingerprint density at radius 1 is 1.29 bits per heavy atom. The van der Waals surface area contributed by atoms with E-state index in [2.05, 4.69) is 27.6 Å². The van der Waals surface area contributed by atoms with E-state index in [9.17, 15) is 9.18 Å². The first-order valence-electron chi connectivity index (χ1n) is 12.9. The number of rotatable bonds is 11. The molecule has 1 saturated heterocycles. The van der Waals surface area contributed by atoms with Gasteiger partial charge in [0.25, 0.3) is 5.91 Å². The normalized spacial score (nSPS) is 14.9. The first-order chi connectivity index (χ1) is 18.3. The number of aromatic nitrogens is 3. The van der Waals surface area contributed by atoms with Crippen molar-refractivity contribution < 1.29 is 13.9 Å². The number of benzene rings is 1. The standard InChI is InChI=1S/C27H33Cl2FN6O2/c1-3-4-5-10-33-27-25(38-16(2)22-20(28)6-7-21(30)24(22)29)23(26(31)37)19(14-34-27)17-13-35-36(15-17)18-8-11-32-12-9-18/h6-7,13-16,18,32H,3-5,8-12H2,1-2H3,(H2,31,37)(H,33,34)/t16-/m1/s1. The highest BCUT2D eigenvalue weighted by atomic mass is 35.5. The SMILES string of the molecule is CCCCCNc1ncc(-c2cnn(C3CCNCC3)c2)c(C(N)=O)c1O[C@H](C)c1c(Cl)ccc(F)c1Cl. The van der Waals surface area contributed by atoms with Crippen molar-refractivity contribution in [2.24, 2.45) is 5.73 Å². The molecule has 0 spiro atoms. The molecule has 1 atom stereocenters. The van der Waals surface area contributed by atoms with Crippen LogP contribution in [0.2, 0.25) is 10.0 Å². The van der Waals surface area contributed by atoms with Gasteiger partial charge >= 0.3 is 0 Å². The molecule has 1 aliphatic heterocycles. The average molecular weight is 564 g/mol. The van der Waals surface area contributed by atoms with E-state index in [-0.39, 0.29) is 33.0 Å². The molecule has 1 aliphatic rings. The zero-order valence-electron chi connectivity index (χ0n) is 21.6. The largest absolute Gasteiger partial charge is 0.481 e. The molecule has 0 saturated carbocycles. The predicted molar refractivity (Wildman–Crippen MR) is 149 cm³/mol. The number of carbonyl (C=O) groups is 1. The Hall–Kier alpha value is -2.88. The molecule has 0 aliphatic carbocycles. The zero-order valence-corrected chi connectivity index (χ0v) is 23.1. The molecule has 3 aromatic rings. The Morgan fingerprint density at radius 3 is 2.76 bits per heavy atom. The number of piperidine rings is 1. The molecule has 0 unspecified atom stereocenters. The van der Waals surface area contributed by atoms with Gasteiger partial charge in [-0.3, -0.25) is 9.48 Å². The van der Waals surface area contributed by atoms with Crippen LogP contribution >= 0.6 is 23.2 Å². The van der Waals surface area contributed by atoms with E-state index < -0.39 is 17.8 Å². The molecule has 2 aromatic heterocycles. The summed E-state index contributed by atoms with van der Waals surface area (Å²) >= 11 is 12.6. The molecule has 1 fully saturated rings. The quantitative estimate of drug-likeness (QED) is 0.191. The van der Waals surface area contributed by atoms with Gasteiger partial charge in [-0.25, -0.2) is 9.37 Å². The van der Waals surface area contributed by atoms with Crippen molar-refractivity contribution >= 4 is 34.9 Å². The summed E-state index contributed by atoms with van der Waals surface area (Å²) in [5.41, 5.74) is 7.54. The second kappa shape index (κ2) is 12.8. The Morgan fingerprint density at radius 2 is 2.05 bits per heavy atom. The van der Waals surface area contributed by atoms with Gasteiger partial charge in [-0.05, 0) is 51.4 Å². The number of unbranched alkanes of at least 4 members (excludes halogenated alkanes) is 2. The van der Waals surface area contributed by atoms with Gasteiger partial charge < -0.3 is 21.1 Å². The Kier molecular flexibility index (Phi) is 9.46. The van der Waals surface area contributed by atoms with Gasteiger partial charge in [-0.1, -0.05) is 43.0 Å². The Labute approximate surface area is 232 Å². The fourth-order valence-corrected chi connectivity index (χ4v) is 5.36. The number of hydrogen-bond donors (Lipinski definition) is 3. The third kappa shape index (κ3) is 6.22.